The number of carbonyl (C=O) groups is 2. The van der Waals surface area contributed by atoms with Gasteiger partial charge in [0.1, 0.15) is 6.61 Å². The van der Waals surface area contributed by atoms with Crippen molar-refractivity contribution in [2.45, 2.75) is 44.4 Å². The Morgan fingerprint density at radius 1 is 1.18 bits per heavy atom. The van der Waals surface area contributed by atoms with Crippen molar-refractivity contribution in [3.63, 3.8) is 0 Å². The third-order valence-corrected chi connectivity index (χ3v) is 4.36. The van der Waals surface area contributed by atoms with E-state index >= 15 is 0 Å². The van der Waals surface area contributed by atoms with Crippen LogP contribution < -0.4 is 0 Å². The molecule has 1 aromatic carbocycles. The smallest absolute Gasteiger partial charge is 0.410 e. The Kier molecular flexibility index (Phi) is 4.13. The molecule has 0 saturated carbocycles. The van der Waals surface area contributed by atoms with Crippen LogP contribution in [-0.2, 0) is 16.1 Å². The van der Waals surface area contributed by atoms with Crippen molar-refractivity contribution in [3.05, 3.63) is 47.5 Å². The van der Waals surface area contributed by atoms with Crippen LogP contribution in [0.4, 0.5) is 4.79 Å². The number of piperidine rings is 1. The Morgan fingerprint density at radius 3 is 2.41 bits per heavy atom. The van der Waals surface area contributed by atoms with Gasteiger partial charge in [-0.3, -0.25) is 0 Å². The lowest BCUT2D eigenvalue weighted by atomic mass is 9.97. The van der Waals surface area contributed by atoms with Crippen molar-refractivity contribution in [2.24, 2.45) is 0 Å². The van der Waals surface area contributed by atoms with Gasteiger partial charge in [0.05, 0.1) is 0 Å². The maximum absolute atomic E-state index is 12.3. The monoisotopic (exact) mass is 301 g/mol. The highest BCUT2D eigenvalue weighted by Crippen LogP contribution is 2.38. The highest BCUT2D eigenvalue weighted by Gasteiger charge is 2.42. The quantitative estimate of drug-likeness (QED) is 0.872. The minimum absolute atomic E-state index is 0.0765. The molecule has 0 spiro atoms. The molecule has 0 radical (unpaired) electrons. The first-order chi connectivity index (χ1) is 10.6. The van der Waals surface area contributed by atoms with Crippen LogP contribution >= 0.6 is 0 Å². The first-order valence-electron chi connectivity index (χ1n) is 7.55. The van der Waals surface area contributed by atoms with Crippen LogP contribution in [0.2, 0.25) is 0 Å². The highest BCUT2D eigenvalue weighted by molar-refractivity contribution is 5.81. The lowest BCUT2D eigenvalue weighted by Crippen LogP contribution is -2.45. The van der Waals surface area contributed by atoms with Gasteiger partial charge in [0, 0.05) is 18.2 Å². The van der Waals surface area contributed by atoms with Crippen molar-refractivity contribution in [2.75, 3.05) is 0 Å². The zero-order valence-corrected chi connectivity index (χ0v) is 12.3. The minimum atomic E-state index is -0.908. The molecule has 5 heteroatoms. The molecule has 22 heavy (non-hydrogen) atoms. The third kappa shape index (κ3) is 3.13. The fourth-order valence-corrected chi connectivity index (χ4v) is 3.43. The van der Waals surface area contributed by atoms with Crippen molar-refractivity contribution >= 4 is 12.1 Å². The highest BCUT2D eigenvalue weighted by atomic mass is 16.6. The summed E-state index contributed by atoms with van der Waals surface area (Å²) in [6, 6.07) is 9.75. The van der Waals surface area contributed by atoms with E-state index in [1.54, 1.807) is 0 Å². The van der Waals surface area contributed by atoms with Crippen LogP contribution in [0.25, 0.3) is 0 Å². The number of aliphatic carboxylic acids is 1. The molecule has 2 fully saturated rings. The van der Waals surface area contributed by atoms with E-state index in [-0.39, 0.29) is 24.8 Å². The predicted octanol–water partition coefficient (Wildman–Crippen LogP) is 2.96. The number of hydrogen-bond acceptors (Lipinski definition) is 3. The van der Waals surface area contributed by atoms with Crippen molar-refractivity contribution in [3.8, 4) is 0 Å². The van der Waals surface area contributed by atoms with E-state index in [4.69, 9.17) is 9.84 Å². The molecule has 1 amide bonds. The first kappa shape index (κ1) is 14.6. The van der Waals surface area contributed by atoms with Gasteiger partial charge in [-0.1, -0.05) is 35.9 Å². The summed E-state index contributed by atoms with van der Waals surface area (Å²) in [6.07, 6.45) is 4.12. The summed E-state index contributed by atoms with van der Waals surface area (Å²) in [5.74, 6) is -0.908. The molecular weight excluding hydrogens is 282 g/mol. The summed E-state index contributed by atoms with van der Waals surface area (Å²) in [7, 11) is 0. The molecule has 0 aliphatic carbocycles. The Morgan fingerprint density at radius 2 is 1.82 bits per heavy atom. The minimum Gasteiger partial charge on any atom is -0.478 e. The summed E-state index contributed by atoms with van der Waals surface area (Å²) < 4.78 is 5.42. The number of carbonyl (C=O) groups excluding carboxylic acids is 1. The van der Waals surface area contributed by atoms with Gasteiger partial charge in [-0.05, 0) is 31.2 Å². The zero-order chi connectivity index (χ0) is 15.5. The van der Waals surface area contributed by atoms with Gasteiger partial charge in [0.15, 0.2) is 0 Å². The summed E-state index contributed by atoms with van der Waals surface area (Å²) in [4.78, 5) is 24.9. The molecule has 2 bridgehead atoms. The van der Waals surface area contributed by atoms with Crippen LogP contribution in [0.1, 0.15) is 31.2 Å². The van der Waals surface area contributed by atoms with Crippen molar-refractivity contribution in [1.29, 1.82) is 0 Å². The van der Waals surface area contributed by atoms with Gasteiger partial charge in [0.25, 0.3) is 0 Å². The van der Waals surface area contributed by atoms with Crippen LogP contribution in [0.15, 0.2) is 42.0 Å². The maximum Gasteiger partial charge on any atom is 0.410 e. The summed E-state index contributed by atoms with van der Waals surface area (Å²) in [5.41, 5.74) is 1.89. The molecule has 2 atom stereocenters. The molecule has 5 nitrogen and oxygen atoms in total. The molecule has 2 unspecified atom stereocenters. The van der Waals surface area contributed by atoms with Crippen molar-refractivity contribution in [1.82, 2.24) is 4.90 Å². The zero-order valence-electron chi connectivity index (χ0n) is 12.3. The first-order valence-corrected chi connectivity index (χ1v) is 7.55. The van der Waals surface area contributed by atoms with Gasteiger partial charge in [-0.2, -0.15) is 0 Å². The molecule has 3 rings (SSSR count). The lowest BCUT2D eigenvalue weighted by Gasteiger charge is -2.35. The van der Waals surface area contributed by atoms with Crippen LogP contribution in [0.5, 0.6) is 0 Å². The number of nitrogens with zero attached hydrogens (tertiary/aromatic N) is 1. The van der Waals surface area contributed by atoms with Gasteiger partial charge < -0.3 is 14.7 Å². The fraction of sp³-hybridized carbons (Fsp3) is 0.412. The maximum atomic E-state index is 12.3. The topological polar surface area (TPSA) is 66.8 Å². The second-order valence-corrected chi connectivity index (χ2v) is 5.88. The van der Waals surface area contributed by atoms with Gasteiger partial charge in [-0.15, -0.1) is 0 Å². The number of benzene rings is 1. The van der Waals surface area contributed by atoms with Crippen LogP contribution in [0.3, 0.4) is 0 Å². The molecule has 2 heterocycles. The number of hydrogen-bond donors (Lipinski definition) is 1. The van der Waals surface area contributed by atoms with E-state index in [1.807, 2.05) is 35.2 Å². The van der Waals surface area contributed by atoms with E-state index < -0.39 is 5.97 Å². The second-order valence-electron chi connectivity index (χ2n) is 5.88. The Labute approximate surface area is 129 Å². The molecule has 2 aliphatic rings. The molecule has 0 aromatic heterocycles. The van der Waals surface area contributed by atoms with E-state index in [9.17, 15) is 9.59 Å². The van der Waals surface area contributed by atoms with Gasteiger partial charge in [-0.25, -0.2) is 9.59 Å². The van der Waals surface area contributed by atoms with Crippen molar-refractivity contribution < 1.29 is 19.4 Å². The lowest BCUT2D eigenvalue weighted by molar-refractivity contribution is -0.131. The Hall–Kier alpha value is -2.30. The van der Waals surface area contributed by atoms with Gasteiger partial charge in [0.2, 0.25) is 0 Å². The largest absolute Gasteiger partial charge is 0.478 e. The molecule has 2 aliphatic heterocycles. The van der Waals surface area contributed by atoms with Crippen LogP contribution in [0, 0.1) is 0 Å². The summed E-state index contributed by atoms with van der Waals surface area (Å²) in [5, 5.41) is 8.86. The van der Waals surface area contributed by atoms with Gasteiger partial charge >= 0.3 is 12.1 Å². The molecule has 2 saturated heterocycles. The number of rotatable bonds is 3. The van der Waals surface area contributed by atoms with Crippen LogP contribution in [-0.4, -0.2) is 34.2 Å². The number of carboxylic acids is 1. The summed E-state index contributed by atoms with van der Waals surface area (Å²) in [6.45, 7) is 0.271. The number of carboxylic acid groups (broad SMARTS) is 1. The predicted molar refractivity (Wildman–Crippen MR) is 80.2 cm³/mol. The average Bonchev–Trinajstić information content (AvgIpc) is 2.77. The second kappa shape index (κ2) is 6.22. The fourth-order valence-electron chi connectivity index (χ4n) is 3.43. The molecule has 116 valence electrons. The van der Waals surface area contributed by atoms with E-state index in [0.29, 0.717) is 12.8 Å². The normalized spacial score (nSPS) is 23.3. The number of ether oxygens (including phenoxy) is 1. The van der Waals surface area contributed by atoms with E-state index in [2.05, 4.69) is 0 Å². The Bertz CT molecular complexity index is 580. The number of fused-ring (bicyclic) bond motifs is 2. The summed E-state index contributed by atoms with van der Waals surface area (Å²) >= 11 is 0. The molecule has 1 aromatic rings. The molecular formula is C17H19NO4. The standard InChI is InChI=1S/C17H19NO4/c19-16(20)10-13-8-14-6-7-15(9-13)18(14)17(21)22-11-12-4-2-1-3-5-12/h1-5,10,14-15H,6-9,11H2,(H,19,20). The number of amides is 1. The average molecular weight is 301 g/mol. The Balaban J connectivity index is 1.61. The SMILES string of the molecule is O=C(O)C=C1CC2CCC(C1)N2C(=O)OCc1ccccc1. The van der Waals surface area contributed by atoms with E-state index in [0.717, 1.165) is 24.0 Å². The molecule has 1 N–H and O–H groups in total. The van der Waals surface area contributed by atoms with E-state index in [1.165, 1.54) is 6.08 Å². The third-order valence-electron chi connectivity index (χ3n) is 4.36.